The second kappa shape index (κ2) is 5.51. The molecule has 0 saturated heterocycles. The van der Waals surface area contributed by atoms with Crippen LogP contribution < -0.4 is 11.1 Å². The fraction of sp³-hybridized carbons (Fsp3) is 0. The van der Waals surface area contributed by atoms with E-state index >= 15 is 0 Å². The summed E-state index contributed by atoms with van der Waals surface area (Å²) in [6, 6.07) is 10.5. The summed E-state index contributed by atoms with van der Waals surface area (Å²) in [5, 5.41) is 21.1. The van der Waals surface area contributed by atoms with E-state index in [4.69, 9.17) is 22.6 Å². The number of hydrogen-bond acceptors (Lipinski definition) is 4. The molecule has 4 N–H and O–H groups in total. The van der Waals surface area contributed by atoms with E-state index in [2.05, 4.69) is 5.32 Å². The van der Waals surface area contributed by atoms with Gasteiger partial charge in [-0.05, 0) is 36.4 Å². The lowest BCUT2D eigenvalue weighted by atomic mass is 10.1. The molecule has 0 saturated carbocycles. The molecule has 0 aliphatic heterocycles. The van der Waals surface area contributed by atoms with E-state index in [1.165, 1.54) is 30.3 Å². The van der Waals surface area contributed by atoms with Gasteiger partial charge >= 0.3 is 0 Å². The minimum Gasteiger partial charge on any atom is -0.508 e. The van der Waals surface area contributed by atoms with Crippen molar-refractivity contribution in [1.29, 1.82) is 5.26 Å². The molecule has 0 unspecified atom stereocenters. The van der Waals surface area contributed by atoms with Crippen LogP contribution in [0.25, 0.3) is 0 Å². The van der Waals surface area contributed by atoms with Gasteiger partial charge in [-0.2, -0.15) is 5.26 Å². The van der Waals surface area contributed by atoms with Crippen molar-refractivity contribution in [2.45, 2.75) is 0 Å². The van der Waals surface area contributed by atoms with Gasteiger partial charge in [0.25, 0.3) is 5.91 Å². The van der Waals surface area contributed by atoms with Crippen molar-refractivity contribution in [2.24, 2.45) is 0 Å². The SMILES string of the molecule is N#Cc1ccc(Cl)c(NC(=O)c2cc(O)ccc2N)c1. The lowest BCUT2D eigenvalue weighted by Gasteiger charge is -2.09. The molecule has 0 radical (unpaired) electrons. The molecule has 0 aromatic heterocycles. The summed E-state index contributed by atoms with van der Waals surface area (Å²) in [6.45, 7) is 0. The van der Waals surface area contributed by atoms with Gasteiger partial charge in [0.2, 0.25) is 0 Å². The van der Waals surface area contributed by atoms with Crippen LogP contribution in [-0.4, -0.2) is 11.0 Å². The van der Waals surface area contributed by atoms with E-state index in [0.717, 1.165) is 0 Å². The van der Waals surface area contributed by atoms with Gasteiger partial charge in [0.05, 0.1) is 27.9 Å². The first kappa shape index (κ1) is 13.7. The first-order chi connectivity index (χ1) is 9.51. The van der Waals surface area contributed by atoms with Crippen molar-refractivity contribution in [3.8, 4) is 11.8 Å². The van der Waals surface area contributed by atoms with Crippen LogP contribution in [-0.2, 0) is 0 Å². The number of aromatic hydroxyl groups is 1. The molecule has 20 heavy (non-hydrogen) atoms. The third-order valence-corrected chi connectivity index (χ3v) is 2.95. The molecular weight excluding hydrogens is 278 g/mol. The number of amides is 1. The number of anilines is 2. The minimum atomic E-state index is -0.518. The van der Waals surface area contributed by atoms with Gasteiger partial charge in [-0.15, -0.1) is 0 Å². The van der Waals surface area contributed by atoms with Crippen LogP contribution in [0.1, 0.15) is 15.9 Å². The molecule has 100 valence electrons. The number of nitrogen functional groups attached to an aromatic ring is 1. The van der Waals surface area contributed by atoms with Gasteiger partial charge in [-0.25, -0.2) is 0 Å². The zero-order chi connectivity index (χ0) is 14.7. The van der Waals surface area contributed by atoms with Gasteiger partial charge in [0.1, 0.15) is 5.75 Å². The predicted octanol–water partition coefficient (Wildman–Crippen LogP) is 2.75. The number of carbonyl (C=O) groups is 1. The largest absolute Gasteiger partial charge is 0.508 e. The number of nitriles is 1. The number of nitrogens with one attached hydrogen (secondary N) is 1. The molecule has 5 nitrogen and oxygen atoms in total. The smallest absolute Gasteiger partial charge is 0.257 e. The van der Waals surface area contributed by atoms with Crippen LogP contribution in [0.15, 0.2) is 36.4 Å². The molecule has 2 aromatic carbocycles. The van der Waals surface area contributed by atoms with Crippen molar-refractivity contribution < 1.29 is 9.90 Å². The molecule has 2 aromatic rings. The number of nitrogens with two attached hydrogens (primary N) is 1. The first-order valence-corrected chi connectivity index (χ1v) is 5.98. The lowest BCUT2D eigenvalue weighted by molar-refractivity contribution is 0.102. The number of nitrogens with zero attached hydrogens (tertiary/aromatic N) is 1. The Bertz CT molecular complexity index is 723. The molecule has 0 heterocycles. The van der Waals surface area contributed by atoms with Crippen LogP contribution in [0.4, 0.5) is 11.4 Å². The van der Waals surface area contributed by atoms with Crippen molar-refractivity contribution in [1.82, 2.24) is 0 Å². The number of carbonyl (C=O) groups excluding carboxylic acids is 1. The Morgan fingerprint density at radius 3 is 2.75 bits per heavy atom. The second-order valence-corrected chi connectivity index (χ2v) is 4.44. The monoisotopic (exact) mass is 287 g/mol. The Kier molecular flexibility index (Phi) is 3.78. The Hall–Kier alpha value is -2.71. The molecule has 2 rings (SSSR count). The molecule has 0 bridgehead atoms. The Morgan fingerprint density at radius 1 is 1.30 bits per heavy atom. The average Bonchev–Trinajstić information content (AvgIpc) is 2.43. The van der Waals surface area contributed by atoms with Gasteiger partial charge in [-0.3, -0.25) is 4.79 Å². The lowest BCUT2D eigenvalue weighted by Crippen LogP contribution is -2.14. The maximum atomic E-state index is 12.1. The van der Waals surface area contributed by atoms with E-state index in [0.29, 0.717) is 16.3 Å². The van der Waals surface area contributed by atoms with E-state index in [-0.39, 0.29) is 17.0 Å². The highest BCUT2D eigenvalue weighted by Gasteiger charge is 2.13. The molecule has 0 spiro atoms. The summed E-state index contributed by atoms with van der Waals surface area (Å²) >= 11 is 5.95. The topological polar surface area (TPSA) is 99.1 Å². The highest BCUT2D eigenvalue weighted by atomic mass is 35.5. The Labute approximate surface area is 120 Å². The molecule has 0 atom stereocenters. The molecule has 6 heteroatoms. The summed E-state index contributed by atoms with van der Waals surface area (Å²) < 4.78 is 0. The van der Waals surface area contributed by atoms with Crippen LogP contribution in [0.2, 0.25) is 5.02 Å². The highest BCUT2D eigenvalue weighted by molar-refractivity contribution is 6.34. The van der Waals surface area contributed by atoms with Crippen molar-refractivity contribution in [2.75, 3.05) is 11.1 Å². The van der Waals surface area contributed by atoms with Crippen LogP contribution in [0.5, 0.6) is 5.75 Å². The quantitative estimate of drug-likeness (QED) is 0.584. The van der Waals surface area contributed by atoms with Crippen molar-refractivity contribution >= 4 is 28.9 Å². The van der Waals surface area contributed by atoms with Crippen LogP contribution in [0.3, 0.4) is 0 Å². The highest BCUT2D eigenvalue weighted by Crippen LogP contribution is 2.25. The van der Waals surface area contributed by atoms with Crippen molar-refractivity contribution in [3.63, 3.8) is 0 Å². The standard InChI is InChI=1S/C14H10ClN3O2/c15-11-3-1-8(7-16)5-13(11)18-14(20)10-6-9(19)2-4-12(10)17/h1-6,19H,17H2,(H,18,20). The molecule has 0 aliphatic carbocycles. The van der Waals surface area contributed by atoms with Gasteiger partial charge in [-0.1, -0.05) is 11.6 Å². The third kappa shape index (κ3) is 2.82. The number of halogens is 1. The normalized spacial score (nSPS) is 9.80. The Morgan fingerprint density at radius 2 is 2.05 bits per heavy atom. The van der Waals surface area contributed by atoms with Gasteiger partial charge < -0.3 is 16.2 Å². The first-order valence-electron chi connectivity index (χ1n) is 5.61. The van der Waals surface area contributed by atoms with E-state index in [9.17, 15) is 9.90 Å². The third-order valence-electron chi connectivity index (χ3n) is 2.63. The summed E-state index contributed by atoms with van der Waals surface area (Å²) in [5.74, 6) is -0.586. The second-order valence-electron chi connectivity index (χ2n) is 4.03. The fourth-order valence-electron chi connectivity index (χ4n) is 1.62. The molecular formula is C14H10ClN3O2. The zero-order valence-corrected chi connectivity index (χ0v) is 11.0. The fourth-order valence-corrected chi connectivity index (χ4v) is 1.79. The number of phenols is 1. The Balaban J connectivity index is 2.33. The van der Waals surface area contributed by atoms with E-state index < -0.39 is 5.91 Å². The summed E-state index contributed by atoms with van der Waals surface area (Å²) in [6.07, 6.45) is 0. The van der Waals surface area contributed by atoms with E-state index in [1.807, 2.05) is 6.07 Å². The van der Waals surface area contributed by atoms with Gasteiger partial charge in [0, 0.05) is 5.69 Å². The summed E-state index contributed by atoms with van der Waals surface area (Å²) in [5.41, 5.74) is 6.71. The van der Waals surface area contributed by atoms with Gasteiger partial charge in [0.15, 0.2) is 0 Å². The number of benzene rings is 2. The summed E-state index contributed by atoms with van der Waals surface area (Å²) in [4.78, 5) is 12.1. The zero-order valence-electron chi connectivity index (χ0n) is 10.2. The molecule has 0 aliphatic rings. The van der Waals surface area contributed by atoms with Crippen LogP contribution >= 0.6 is 11.6 Å². The average molecular weight is 288 g/mol. The predicted molar refractivity (Wildman–Crippen MR) is 76.6 cm³/mol. The molecule has 1 amide bonds. The van der Waals surface area contributed by atoms with E-state index in [1.54, 1.807) is 6.07 Å². The molecule has 0 fully saturated rings. The maximum absolute atomic E-state index is 12.1. The number of hydrogen-bond donors (Lipinski definition) is 3. The minimum absolute atomic E-state index is 0.0683. The van der Waals surface area contributed by atoms with Crippen LogP contribution in [0, 0.1) is 11.3 Å². The number of rotatable bonds is 2. The number of phenolic OH excluding ortho intramolecular Hbond substituents is 1. The summed E-state index contributed by atoms with van der Waals surface area (Å²) in [7, 11) is 0. The van der Waals surface area contributed by atoms with Crippen molar-refractivity contribution in [3.05, 3.63) is 52.5 Å². The maximum Gasteiger partial charge on any atom is 0.257 e.